The zero-order valence-corrected chi connectivity index (χ0v) is 16.3. The van der Waals surface area contributed by atoms with Gasteiger partial charge < -0.3 is 4.90 Å². The van der Waals surface area contributed by atoms with E-state index in [9.17, 15) is 18.5 Å². The van der Waals surface area contributed by atoms with Gasteiger partial charge in [0.2, 0.25) is 10.0 Å². The van der Waals surface area contributed by atoms with E-state index < -0.39 is 10.0 Å². The van der Waals surface area contributed by atoms with E-state index in [2.05, 4.69) is 6.07 Å². The van der Waals surface area contributed by atoms with Crippen LogP contribution in [-0.4, -0.2) is 44.7 Å². The number of hydrogen-bond acceptors (Lipinski definition) is 5. The zero-order chi connectivity index (χ0) is 19.6. The van der Waals surface area contributed by atoms with Crippen LogP contribution in [0.5, 0.6) is 0 Å². The van der Waals surface area contributed by atoms with Crippen LogP contribution in [0.1, 0.15) is 22.8 Å². The zero-order valence-electron chi connectivity index (χ0n) is 14.7. The highest BCUT2D eigenvalue weighted by molar-refractivity contribution is 7.89. The second-order valence-electron chi connectivity index (χ2n) is 6.24. The van der Waals surface area contributed by atoms with Crippen LogP contribution in [-0.2, 0) is 10.0 Å². The van der Waals surface area contributed by atoms with Crippen molar-refractivity contribution >= 4 is 33.1 Å². The average Bonchev–Trinajstić information content (AvgIpc) is 2.68. The number of Topliss-reactive ketones (excluding diaryl/α,β-unsaturated/α-hetero) is 1. The van der Waals surface area contributed by atoms with Crippen LogP contribution in [0.3, 0.4) is 0 Å². The number of carbonyl (C=O) groups is 1. The molecule has 0 spiro atoms. The van der Waals surface area contributed by atoms with Crippen LogP contribution in [0.4, 0.5) is 5.69 Å². The molecule has 1 aliphatic rings. The topological polar surface area (TPSA) is 81.5 Å². The second-order valence-corrected chi connectivity index (χ2v) is 8.62. The number of piperazine rings is 1. The lowest BCUT2D eigenvalue weighted by atomic mass is 10.1. The third-order valence-electron chi connectivity index (χ3n) is 4.56. The normalized spacial score (nSPS) is 15.4. The van der Waals surface area contributed by atoms with E-state index in [-0.39, 0.29) is 10.7 Å². The van der Waals surface area contributed by atoms with Gasteiger partial charge in [-0.2, -0.15) is 9.57 Å². The third kappa shape index (κ3) is 3.98. The van der Waals surface area contributed by atoms with Gasteiger partial charge in [0.25, 0.3) is 0 Å². The molecule has 1 saturated heterocycles. The monoisotopic (exact) mass is 403 g/mol. The van der Waals surface area contributed by atoms with Crippen molar-refractivity contribution < 1.29 is 13.2 Å². The van der Waals surface area contributed by atoms with Crippen molar-refractivity contribution in [2.24, 2.45) is 0 Å². The van der Waals surface area contributed by atoms with Gasteiger partial charge in [-0.3, -0.25) is 4.79 Å². The smallest absolute Gasteiger partial charge is 0.243 e. The number of nitriles is 1. The molecule has 0 unspecified atom stereocenters. The molecule has 1 heterocycles. The summed E-state index contributed by atoms with van der Waals surface area (Å²) in [6.07, 6.45) is 0. The molecule has 1 aliphatic heterocycles. The Labute approximate surface area is 163 Å². The Hall–Kier alpha value is -2.40. The van der Waals surface area contributed by atoms with Gasteiger partial charge in [-0.1, -0.05) is 23.7 Å². The van der Waals surface area contributed by atoms with Crippen LogP contribution < -0.4 is 4.90 Å². The van der Waals surface area contributed by atoms with Gasteiger partial charge in [-0.25, -0.2) is 8.42 Å². The Kier molecular flexibility index (Phi) is 5.51. The minimum Gasteiger partial charge on any atom is -0.368 e. The third-order valence-corrected chi connectivity index (χ3v) is 6.70. The molecule has 0 aliphatic carbocycles. The Morgan fingerprint density at radius 1 is 1.07 bits per heavy atom. The molecule has 0 radical (unpaired) electrons. The van der Waals surface area contributed by atoms with Gasteiger partial charge in [0.15, 0.2) is 5.78 Å². The molecule has 0 aromatic heterocycles. The number of ketones is 1. The van der Waals surface area contributed by atoms with E-state index in [4.69, 9.17) is 11.6 Å². The van der Waals surface area contributed by atoms with Gasteiger partial charge in [0.1, 0.15) is 6.07 Å². The molecule has 0 bridgehead atoms. The summed E-state index contributed by atoms with van der Waals surface area (Å²) in [7, 11) is -3.62. The molecule has 6 nitrogen and oxygen atoms in total. The number of nitrogens with zero attached hydrogens (tertiary/aromatic N) is 3. The lowest BCUT2D eigenvalue weighted by Gasteiger charge is -2.35. The van der Waals surface area contributed by atoms with Crippen LogP contribution >= 0.6 is 11.6 Å². The first kappa shape index (κ1) is 19.4. The van der Waals surface area contributed by atoms with Crippen molar-refractivity contribution in [2.45, 2.75) is 11.8 Å². The first-order valence-electron chi connectivity index (χ1n) is 8.38. The van der Waals surface area contributed by atoms with Crippen molar-refractivity contribution in [3.63, 3.8) is 0 Å². The number of benzene rings is 2. The van der Waals surface area contributed by atoms with Crippen LogP contribution in [0.15, 0.2) is 47.4 Å². The van der Waals surface area contributed by atoms with Crippen molar-refractivity contribution in [2.75, 3.05) is 31.1 Å². The number of anilines is 1. The SMILES string of the molecule is CC(=O)c1ccc(S(=O)(=O)N2CCN(c3ccc(Cl)cc3C#N)CC2)cc1. The number of hydrogen-bond donors (Lipinski definition) is 0. The number of carbonyl (C=O) groups excluding carboxylic acids is 1. The first-order chi connectivity index (χ1) is 12.8. The summed E-state index contributed by atoms with van der Waals surface area (Å²) in [5.74, 6) is -0.108. The highest BCUT2D eigenvalue weighted by Crippen LogP contribution is 2.26. The van der Waals surface area contributed by atoms with E-state index in [0.29, 0.717) is 42.3 Å². The molecule has 3 rings (SSSR count). The molecular weight excluding hydrogens is 386 g/mol. The lowest BCUT2D eigenvalue weighted by Crippen LogP contribution is -2.48. The molecule has 8 heteroatoms. The molecular formula is C19H18ClN3O3S. The summed E-state index contributed by atoms with van der Waals surface area (Å²) in [6, 6.07) is 13.2. The van der Waals surface area contributed by atoms with E-state index in [1.54, 1.807) is 18.2 Å². The van der Waals surface area contributed by atoms with Crippen LogP contribution in [0, 0.1) is 11.3 Å². The summed E-state index contributed by atoms with van der Waals surface area (Å²) in [4.78, 5) is 13.5. The molecule has 140 valence electrons. The number of halogens is 1. The Morgan fingerprint density at radius 2 is 1.70 bits per heavy atom. The highest BCUT2D eigenvalue weighted by Gasteiger charge is 2.29. The maximum Gasteiger partial charge on any atom is 0.243 e. The maximum atomic E-state index is 12.8. The fourth-order valence-electron chi connectivity index (χ4n) is 3.05. The minimum absolute atomic E-state index is 0.108. The Morgan fingerprint density at radius 3 is 2.26 bits per heavy atom. The average molecular weight is 404 g/mol. The molecule has 27 heavy (non-hydrogen) atoms. The Bertz CT molecular complexity index is 1010. The minimum atomic E-state index is -3.62. The van der Waals surface area contributed by atoms with Gasteiger partial charge >= 0.3 is 0 Å². The quantitative estimate of drug-likeness (QED) is 0.733. The highest BCUT2D eigenvalue weighted by atomic mass is 35.5. The summed E-state index contributed by atoms with van der Waals surface area (Å²) in [5, 5.41) is 9.79. The van der Waals surface area contributed by atoms with Crippen molar-refractivity contribution in [1.29, 1.82) is 5.26 Å². The summed E-state index contributed by atoms with van der Waals surface area (Å²) < 4.78 is 27.1. The number of sulfonamides is 1. The van der Waals surface area contributed by atoms with Crippen molar-refractivity contribution in [3.05, 3.63) is 58.6 Å². The predicted octanol–water partition coefficient (Wildman–Crippen LogP) is 2.93. The van der Waals surface area contributed by atoms with Gasteiger partial charge in [0.05, 0.1) is 16.1 Å². The van der Waals surface area contributed by atoms with Crippen LogP contribution in [0.25, 0.3) is 0 Å². The van der Waals surface area contributed by atoms with E-state index in [1.807, 2.05) is 4.90 Å². The van der Waals surface area contributed by atoms with E-state index in [0.717, 1.165) is 5.69 Å². The molecule has 0 saturated carbocycles. The second kappa shape index (κ2) is 7.69. The van der Waals surface area contributed by atoms with Crippen molar-refractivity contribution in [1.82, 2.24) is 4.31 Å². The van der Waals surface area contributed by atoms with Gasteiger partial charge in [0, 0.05) is 36.8 Å². The summed E-state index contributed by atoms with van der Waals surface area (Å²) in [5.41, 5.74) is 1.70. The molecule has 1 fully saturated rings. The van der Waals surface area contributed by atoms with Gasteiger partial charge in [-0.15, -0.1) is 0 Å². The predicted molar refractivity (Wildman–Crippen MR) is 104 cm³/mol. The molecule has 2 aromatic carbocycles. The van der Waals surface area contributed by atoms with E-state index in [1.165, 1.54) is 35.5 Å². The maximum absolute atomic E-state index is 12.8. The molecule has 2 aromatic rings. The van der Waals surface area contributed by atoms with Crippen LogP contribution in [0.2, 0.25) is 5.02 Å². The largest absolute Gasteiger partial charge is 0.368 e. The fraction of sp³-hybridized carbons (Fsp3) is 0.263. The number of rotatable bonds is 4. The summed E-state index contributed by atoms with van der Waals surface area (Å²) in [6.45, 7) is 3.01. The first-order valence-corrected chi connectivity index (χ1v) is 10.2. The Balaban J connectivity index is 1.75. The molecule has 0 amide bonds. The van der Waals surface area contributed by atoms with Gasteiger partial charge in [-0.05, 0) is 37.3 Å². The lowest BCUT2D eigenvalue weighted by molar-refractivity contribution is 0.101. The van der Waals surface area contributed by atoms with E-state index >= 15 is 0 Å². The molecule has 0 N–H and O–H groups in total. The standard InChI is InChI=1S/C19H18ClN3O3S/c1-14(24)15-2-5-18(6-3-15)27(25,26)23-10-8-22(9-11-23)19-7-4-17(20)12-16(19)13-21/h2-7,12H,8-11H2,1H3. The van der Waals surface area contributed by atoms with Crippen molar-refractivity contribution in [3.8, 4) is 6.07 Å². The summed E-state index contributed by atoms with van der Waals surface area (Å²) >= 11 is 5.94. The molecule has 0 atom stereocenters. The fourth-order valence-corrected chi connectivity index (χ4v) is 4.65.